The van der Waals surface area contributed by atoms with Crippen molar-refractivity contribution >= 4 is 39.0 Å². The van der Waals surface area contributed by atoms with Gasteiger partial charge in [-0.1, -0.05) is 23.7 Å². The highest BCUT2D eigenvalue weighted by Crippen LogP contribution is 2.20. The van der Waals surface area contributed by atoms with Crippen LogP contribution in [0, 0.1) is 0 Å². The second-order valence-electron chi connectivity index (χ2n) is 4.75. The molecule has 0 saturated heterocycles. The van der Waals surface area contributed by atoms with Crippen LogP contribution in [0.2, 0.25) is 5.02 Å². The van der Waals surface area contributed by atoms with Crippen LogP contribution in [-0.2, 0) is 19.4 Å². The van der Waals surface area contributed by atoms with Gasteiger partial charge < -0.3 is 10.1 Å². The van der Waals surface area contributed by atoms with E-state index in [1.54, 1.807) is 6.07 Å². The van der Waals surface area contributed by atoms with E-state index >= 15 is 0 Å². The molecule has 0 unspecified atom stereocenters. The number of aromatic nitrogens is 1. The molecule has 126 valence electrons. The highest BCUT2D eigenvalue weighted by molar-refractivity contribution is 7.90. The fourth-order valence-corrected chi connectivity index (χ4v) is 2.80. The summed E-state index contributed by atoms with van der Waals surface area (Å²) in [6.45, 7) is -0.592. The number of halogens is 1. The molecule has 0 spiro atoms. The summed E-state index contributed by atoms with van der Waals surface area (Å²) in [6, 6.07) is 8.72. The van der Waals surface area contributed by atoms with Crippen LogP contribution >= 0.6 is 11.6 Å². The average molecular weight is 369 g/mol. The first-order valence-corrected chi connectivity index (χ1v) is 8.92. The number of para-hydroxylation sites is 1. The lowest BCUT2D eigenvalue weighted by Crippen LogP contribution is -2.22. The Morgan fingerprint density at radius 1 is 1.25 bits per heavy atom. The minimum Gasteiger partial charge on any atom is -0.451 e. The van der Waals surface area contributed by atoms with Gasteiger partial charge in [0.25, 0.3) is 5.91 Å². The SMILES string of the molecule is CS(=O)(=O)c1ccccc1NC(=O)COC(=O)c1cc(Cl)ccn1. The maximum absolute atomic E-state index is 11.9. The van der Waals surface area contributed by atoms with Crippen LogP contribution in [0.15, 0.2) is 47.5 Å². The van der Waals surface area contributed by atoms with E-state index in [2.05, 4.69) is 10.3 Å². The maximum Gasteiger partial charge on any atom is 0.357 e. The molecule has 0 radical (unpaired) electrons. The van der Waals surface area contributed by atoms with E-state index in [1.165, 1.54) is 36.5 Å². The summed E-state index contributed by atoms with van der Waals surface area (Å²) in [4.78, 5) is 27.4. The largest absolute Gasteiger partial charge is 0.451 e. The Bertz CT molecular complexity index is 883. The van der Waals surface area contributed by atoms with Gasteiger partial charge in [0.05, 0.1) is 10.6 Å². The van der Waals surface area contributed by atoms with Crippen LogP contribution in [0.3, 0.4) is 0 Å². The van der Waals surface area contributed by atoms with E-state index < -0.39 is 28.3 Å². The summed E-state index contributed by atoms with van der Waals surface area (Å²) in [5, 5.41) is 2.70. The maximum atomic E-state index is 11.9. The second-order valence-corrected chi connectivity index (χ2v) is 7.17. The normalized spacial score (nSPS) is 10.9. The number of pyridine rings is 1. The highest BCUT2D eigenvalue weighted by Gasteiger charge is 2.16. The molecular formula is C15H13ClN2O5S. The van der Waals surface area contributed by atoms with Crippen LogP contribution in [0.4, 0.5) is 5.69 Å². The molecule has 7 nitrogen and oxygen atoms in total. The molecule has 1 N–H and O–H groups in total. The Labute approximate surface area is 143 Å². The number of nitrogens with zero attached hydrogens (tertiary/aromatic N) is 1. The fourth-order valence-electron chi connectivity index (χ4n) is 1.80. The predicted octanol–water partition coefficient (Wildman–Crippen LogP) is 1.93. The molecule has 1 amide bonds. The number of anilines is 1. The minimum absolute atomic E-state index is 0.0267. The summed E-state index contributed by atoms with van der Waals surface area (Å²) in [5.74, 6) is -1.49. The number of carbonyl (C=O) groups is 2. The number of esters is 1. The Morgan fingerprint density at radius 2 is 1.96 bits per heavy atom. The topological polar surface area (TPSA) is 102 Å². The molecule has 0 saturated carbocycles. The first-order valence-electron chi connectivity index (χ1n) is 6.65. The summed E-state index contributed by atoms with van der Waals surface area (Å²) >= 11 is 5.74. The Hall–Kier alpha value is -2.45. The lowest BCUT2D eigenvalue weighted by molar-refractivity contribution is -0.119. The number of hydrogen-bond acceptors (Lipinski definition) is 6. The number of hydrogen-bond donors (Lipinski definition) is 1. The van der Waals surface area contributed by atoms with E-state index in [9.17, 15) is 18.0 Å². The molecule has 0 aliphatic rings. The third-order valence-corrected chi connectivity index (χ3v) is 4.22. The van der Waals surface area contributed by atoms with Gasteiger partial charge in [0.2, 0.25) is 0 Å². The van der Waals surface area contributed by atoms with Gasteiger partial charge in [-0.2, -0.15) is 0 Å². The van der Waals surface area contributed by atoms with Gasteiger partial charge in [-0.05, 0) is 24.3 Å². The van der Waals surface area contributed by atoms with Crippen molar-refractivity contribution in [2.75, 3.05) is 18.2 Å². The van der Waals surface area contributed by atoms with Gasteiger partial charge >= 0.3 is 5.97 Å². The fraction of sp³-hybridized carbons (Fsp3) is 0.133. The van der Waals surface area contributed by atoms with E-state index in [4.69, 9.17) is 16.3 Å². The van der Waals surface area contributed by atoms with Gasteiger partial charge in [0.1, 0.15) is 5.69 Å². The molecule has 9 heteroatoms. The smallest absolute Gasteiger partial charge is 0.357 e. The molecule has 2 aromatic rings. The minimum atomic E-state index is -3.51. The summed E-state index contributed by atoms with van der Waals surface area (Å²) in [6.07, 6.45) is 2.37. The summed E-state index contributed by atoms with van der Waals surface area (Å²) < 4.78 is 28.1. The molecule has 0 bridgehead atoms. The van der Waals surface area contributed by atoms with Crippen molar-refractivity contribution in [1.82, 2.24) is 4.98 Å². The van der Waals surface area contributed by atoms with Crippen LogP contribution in [0.1, 0.15) is 10.5 Å². The molecule has 0 aliphatic heterocycles. The van der Waals surface area contributed by atoms with Crippen LogP contribution in [-0.4, -0.2) is 38.1 Å². The number of rotatable bonds is 5. The zero-order valence-electron chi connectivity index (χ0n) is 12.5. The molecule has 0 aliphatic carbocycles. The first-order chi connectivity index (χ1) is 11.3. The molecule has 2 rings (SSSR count). The number of benzene rings is 1. The van der Waals surface area contributed by atoms with E-state index in [0.29, 0.717) is 5.02 Å². The summed E-state index contributed by atoms with van der Waals surface area (Å²) in [7, 11) is -3.51. The Kier molecular flexibility index (Phi) is 5.53. The lowest BCUT2D eigenvalue weighted by atomic mass is 10.3. The molecule has 0 fully saturated rings. The standard InChI is InChI=1S/C15H13ClN2O5S/c1-24(21,22)13-5-3-2-4-11(13)18-14(19)9-23-15(20)12-8-10(16)6-7-17-12/h2-8H,9H2,1H3,(H,18,19). The van der Waals surface area contributed by atoms with Gasteiger partial charge in [-0.25, -0.2) is 18.2 Å². The Balaban J connectivity index is 2.01. The Morgan fingerprint density at radius 3 is 2.62 bits per heavy atom. The average Bonchev–Trinajstić information content (AvgIpc) is 2.52. The van der Waals surface area contributed by atoms with E-state index in [-0.39, 0.29) is 16.3 Å². The molecule has 0 atom stereocenters. The highest BCUT2D eigenvalue weighted by atomic mass is 35.5. The third kappa shape index (κ3) is 4.77. The van der Waals surface area contributed by atoms with Gasteiger partial charge in [-0.15, -0.1) is 0 Å². The number of sulfone groups is 1. The summed E-state index contributed by atoms with van der Waals surface area (Å²) in [5.41, 5.74) is 0.0776. The second kappa shape index (κ2) is 7.41. The van der Waals surface area contributed by atoms with Crippen molar-refractivity contribution in [2.24, 2.45) is 0 Å². The molecular weight excluding hydrogens is 356 g/mol. The van der Waals surface area contributed by atoms with Crippen LogP contribution in [0.5, 0.6) is 0 Å². The number of carbonyl (C=O) groups excluding carboxylic acids is 2. The van der Waals surface area contributed by atoms with Crippen molar-refractivity contribution < 1.29 is 22.7 Å². The van der Waals surface area contributed by atoms with Gasteiger partial charge in [0.15, 0.2) is 16.4 Å². The van der Waals surface area contributed by atoms with Crippen molar-refractivity contribution in [3.63, 3.8) is 0 Å². The van der Waals surface area contributed by atoms with Crippen molar-refractivity contribution in [2.45, 2.75) is 4.90 Å². The monoisotopic (exact) mass is 368 g/mol. The van der Waals surface area contributed by atoms with Gasteiger partial charge in [-0.3, -0.25) is 4.79 Å². The quantitative estimate of drug-likeness (QED) is 0.809. The zero-order chi connectivity index (χ0) is 17.7. The van der Waals surface area contributed by atoms with Crippen LogP contribution in [0.25, 0.3) is 0 Å². The lowest BCUT2D eigenvalue weighted by Gasteiger charge is -2.10. The van der Waals surface area contributed by atoms with E-state index in [1.807, 2.05) is 0 Å². The van der Waals surface area contributed by atoms with Crippen molar-refractivity contribution in [3.8, 4) is 0 Å². The molecule has 1 aromatic carbocycles. The first kappa shape index (κ1) is 17.9. The number of amides is 1. The molecule has 1 aromatic heterocycles. The molecule has 24 heavy (non-hydrogen) atoms. The third-order valence-electron chi connectivity index (χ3n) is 2.83. The van der Waals surface area contributed by atoms with Crippen molar-refractivity contribution in [1.29, 1.82) is 0 Å². The predicted molar refractivity (Wildman–Crippen MR) is 87.7 cm³/mol. The molecule has 1 heterocycles. The van der Waals surface area contributed by atoms with Crippen LogP contribution < -0.4 is 5.32 Å². The number of nitrogens with one attached hydrogen (secondary N) is 1. The van der Waals surface area contributed by atoms with Crippen molar-refractivity contribution in [3.05, 3.63) is 53.3 Å². The zero-order valence-corrected chi connectivity index (χ0v) is 14.1. The van der Waals surface area contributed by atoms with Gasteiger partial charge in [0, 0.05) is 17.5 Å². The van der Waals surface area contributed by atoms with E-state index in [0.717, 1.165) is 6.26 Å². The number of ether oxygens (including phenoxy) is 1.